The summed E-state index contributed by atoms with van der Waals surface area (Å²) in [5.74, 6) is -3.53. The monoisotopic (exact) mass is 982 g/mol. The molecule has 16 nitrogen and oxygen atoms in total. The van der Waals surface area contributed by atoms with E-state index in [1.54, 1.807) is 32.6 Å². The third-order valence-electron chi connectivity index (χ3n) is 15.5. The minimum Gasteiger partial charge on any atom is -0.394 e. The molecule has 3 aromatic rings. The van der Waals surface area contributed by atoms with Crippen molar-refractivity contribution < 1.29 is 47.9 Å². The van der Waals surface area contributed by atoms with Gasteiger partial charge in [0, 0.05) is 69.4 Å². The van der Waals surface area contributed by atoms with Gasteiger partial charge in [0.1, 0.15) is 19.0 Å². The Morgan fingerprint density at radius 1 is 1.10 bits per heavy atom. The van der Waals surface area contributed by atoms with Gasteiger partial charge in [-0.3, -0.25) is 28.8 Å². The molecule has 5 heterocycles. The molecule has 20 heteroatoms. The first-order chi connectivity index (χ1) is 32.2. The second-order valence-electron chi connectivity index (χ2n) is 19.7. The van der Waals surface area contributed by atoms with Crippen molar-refractivity contribution in [2.45, 2.75) is 134 Å². The highest BCUT2D eigenvalue weighted by molar-refractivity contribution is 7.10. The molecule has 3 saturated carbocycles. The van der Waals surface area contributed by atoms with E-state index >= 15 is 8.78 Å². The number of azide groups is 1. The number of aliphatic hydroxyl groups excluding tert-OH is 3. The summed E-state index contributed by atoms with van der Waals surface area (Å²) in [6.07, 6.45) is 1.36. The maximum atomic E-state index is 17.1. The lowest BCUT2D eigenvalue weighted by atomic mass is 9.44. The van der Waals surface area contributed by atoms with Gasteiger partial charge >= 0.3 is 5.69 Å². The quantitative estimate of drug-likeness (QED) is 0.120. The van der Waals surface area contributed by atoms with Gasteiger partial charge in [0.05, 0.1) is 31.0 Å². The third-order valence-corrected chi connectivity index (χ3v) is 16.8. The molecule has 12 atom stereocenters. The normalized spacial score (nSPS) is 36.3. The predicted molar refractivity (Wildman–Crippen MR) is 247 cm³/mol. The summed E-state index contributed by atoms with van der Waals surface area (Å²) in [4.78, 5) is 56.9. The molecule has 0 amide bonds. The molecule has 10 rings (SSSR count). The average Bonchev–Trinajstić information content (AvgIpc) is 4.06. The van der Waals surface area contributed by atoms with Crippen molar-refractivity contribution in [2.75, 3.05) is 19.8 Å². The number of aromatic nitrogens is 2. The number of allylic oxidation sites excluding steroid dienone is 4. The van der Waals surface area contributed by atoms with Gasteiger partial charge < -0.3 is 29.5 Å². The Morgan fingerprint density at radius 3 is 2.56 bits per heavy atom. The number of alkyl halides is 2. The number of aliphatic hydroxyl groups is 3. The van der Waals surface area contributed by atoms with E-state index in [1.165, 1.54) is 47.4 Å². The van der Waals surface area contributed by atoms with E-state index in [0.29, 0.717) is 5.56 Å². The summed E-state index contributed by atoms with van der Waals surface area (Å²) in [5, 5.41) is 36.9. The van der Waals surface area contributed by atoms with Crippen LogP contribution in [0.15, 0.2) is 80.4 Å². The number of aromatic amines is 1. The first kappa shape index (κ1) is 50.0. The molecule has 1 aromatic carbocycles. The molecule has 7 aliphatic rings. The number of halogens is 3. The summed E-state index contributed by atoms with van der Waals surface area (Å²) in [5.41, 5.74) is 4.18. The number of ketones is 2. The molecular formula is C48H57ClF2N6O10S. The van der Waals surface area contributed by atoms with E-state index in [1.807, 2.05) is 23.5 Å². The summed E-state index contributed by atoms with van der Waals surface area (Å²) in [6, 6.07) is 9.83. The number of hydrogen-bond donors (Lipinski definition) is 4. The number of carbonyl (C=O) groups is 2. The molecule has 4 N–H and O–H groups in total. The number of benzene rings is 1. The van der Waals surface area contributed by atoms with Gasteiger partial charge in [0.15, 0.2) is 28.6 Å². The Kier molecular flexibility index (Phi) is 13.8. The highest BCUT2D eigenvalue weighted by atomic mass is 35.5. The predicted octanol–water partition coefficient (Wildman–Crippen LogP) is 6.13. The maximum absolute atomic E-state index is 17.1. The maximum Gasteiger partial charge on any atom is 0.330 e. The fourth-order valence-corrected chi connectivity index (χ4v) is 13.4. The molecule has 2 aromatic heterocycles. The highest BCUT2D eigenvalue weighted by Crippen LogP contribution is 2.72. The van der Waals surface area contributed by atoms with Gasteiger partial charge in [-0.2, -0.15) is 0 Å². The van der Waals surface area contributed by atoms with Gasteiger partial charge in [0.25, 0.3) is 5.56 Å². The SMILES string of the molecule is CC1(C)O[C@@H]2C[C@H]3[C@@H]4C[C@H](F)C5=CC(=O)C=C[C@]5(C)[C@@]4(F)[C@@H](O)C[C@]3(C)[C@]2(C(=O)CO)O1.Cc1cn([C@H]2C[C@H](N=[N+]=[N-])[C@@H](CO)O2)c(=O)[nH]c1=O.Clc1ccccc1CN1CCc2sccc2C1. The number of H-pyrrole nitrogens is 1. The molecule has 68 heavy (non-hydrogen) atoms. The number of Topliss-reactive ketones (excluding diaryl/α,β-unsaturated/α-hetero) is 1. The highest BCUT2D eigenvalue weighted by Gasteiger charge is 2.80. The molecule has 0 spiro atoms. The Morgan fingerprint density at radius 2 is 1.85 bits per heavy atom. The summed E-state index contributed by atoms with van der Waals surface area (Å²) in [7, 11) is 0. The molecule has 5 fully saturated rings. The second-order valence-corrected chi connectivity index (χ2v) is 21.1. The van der Waals surface area contributed by atoms with Crippen molar-refractivity contribution in [3.05, 3.63) is 124 Å². The molecule has 3 aliphatic heterocycles. The topological polar surface area (TPSA) is 229 Å². The van der Waals surface area contributed by atoms with Crippen LogP contribution in [-0.4, -0.2) is 109 Å². The third kappa shape index (κ3) is 8.35. The van der Waals surface area contributed by atoms with Crippen molar-refractivity contribution in [1.82, 2.24) is 14.5 Å². The zero-order chi connectivity index (χ0) is 49.1. The summed E-state index contributed by atoms with van der Waals surface area (Å²) >= 11 is 8.08. The Hall–Kier alpha value is -4.40. The Bertz CT molecular complexity index is 2690. The van der Waals surface area contributed by atoms with E-state index in [2.05, 4.69) is 43.5 Å². The molecule has 366 valence electrons. The minimum atomic E-state index is -2.24. The standard InChI is InChI=1S/C24H30F2O6.C14H14ClNS.C10H13N5O4/c1-20(2)31-19-9-13-14-8-16(25)15-7-12(28)5-6-21(15,3)23(14,26)17(29)10-22(13,4)24(19,32-20)18(30)11-27;15-13-4-2-1-3-11(13)9-16-7-5-14-12(10-16)6-8-17-14;1-5-3-15(10(18)12-9(5)17)8-2-6(13-14-11)7(4-16)19-8/h5-7,13-14,16-17,19,27,29H,8-11H2,1-4H3;1-4,6,8H,5,7,9-10H2;3,6-8,16H,2,4H2,1H3,(H,12,17,18)/t13-,14-,16-,17-,19+,21-,22-,23-,24+;;6-,7+,8+/m0.0/s1. The van der Waals surface area contributed by atoms with Gasteiger partial charge in [-0.05, 0) is 111 Å². The van der Waals surface area contributed by atoms with Crippen molar-refractivity contribution in [2.24, 2.45) is 27.8 Å². The van der Waals surface area contributed by atoms with Crippen LogP contribution in [0, 0.1) is 29.6 Å². The molecule has 0 bridgehead atoms. The van der Waals surface area contributed by atoms with Gasteiger partial charge in [-0.15, -0.1) is 11.3 Å². The van der Waals surface area contributed by atoms with E-state index in [0.717, 1.165) is 30.7 Å². The first-order valence-corrected chi connectivity index (χ1v) is 24.0. The van der Waals surface area contributed by atoms with Crippen LogP contribution < -0.4 is 11.2 Å². The van der Waals surface area contributed by atoms with Crippen LogP contribution in [0.4, 0.5) is 8.78 Å². The van der Waals surface area contributed by atoms with Crippen LogP contribution in [0.2, 0.25) is 5.02 Å². The van der Waals surface area contributed by atoms with E-state index in [4.69, 9.17) is 36.4 Å². The molecule has 4 aliphatic carbocycles. The summed E-state index contributed by atoms with van der Waals surface area (Å²) < 4.78 is 51.5. The lowest BCUT2D eigenvalue weighted by Crippen LogP contribution is -2.71. The Balaban J connectivity index is 0.000000148. The van der Waals surface area contributed by atoms with Gasteiger partial charge in [0.2, 0.25) is 0 Å². The number of rotatable bonds is 7. The van der Waals surface area contributed by atoms with Gasteiger partial charge in [-0.25, -0.2) is 13.6 Å². The molecular weight excluding hydrogens is 926 g/mol. The van der Waals surface area contributed by atoms with Crippen molar-refractivity contribution in [3.63, 3.8) is 0 Å². The number of thiophene rings is 1. The smallest absolute Gasteiger partial charge is 0.330 e. The molecule has 0 radical (unpaired) electrons. The fourth-order valence-electron chi connectivity index (χ4n) is 12.3. The second kappa shape index (κ2) is 18.7. The zero-order valence-electron chi connectivity index (χ0n) is 38.4. The lowest BCUT2D eigenvalue weighted by Gasteiger charge is -2.63. The minimum absolute atomic E-state index is 0.0550. The van der Waals surface area contributed by atoms with Gasteiger partial charge in [-0.1, -0.05) is 47.9 Å². The van der Waals surface area contributed by atoms with Crippen LogP contribution in [0.5, 0.6) is 0 Å². The van der Waals surface area contributed by atoms with Crippen LogP contribution in [0.3, 0.4) is 0 Å². The number of nitrogens with zero attached hydrogens (tertiary/aromatic N) is 5. The summed E-state index contributed by atoms with van der Waals surface area (Å²) in [6.45, 7) is 10.3. The molecule has 0 unspecified atom stereocenters. The Labute approximate surface area is 400 Å². The van der Waals surface area contributed by atoms with Crippen LogP contribution >= 0.6 is 22.9 Å². The van der Waals surface area contributed by atoms with Crippen LogP contribution in [0.1, 0.15) is 81.2 Å². The van der Waals surface area contributed by atoms with Crippen molar-refractivity contribution in [1.29, 1.82) is 0 Å². The van der Waals surface area contributed by atoms with E-state index < -0.39 is 106 Å². The number of aryl methyl sites for hydroxylation is 1. The van der Waals surface area contributed by atoms with Crippen LogP contribution in [-0.2, 0) is 43.3 Å². The van der Waals surface area contributed by atoms with E-state index in [-0.39, 0.29) is 37.9 Å². The number of fused-ring (bicyclic) bond motifs is 8. The zero-order valence-corrected chi connectivity index (χ0v) is 40.0. The number of nitrogens with one attached hydrogen (secondary N) is 1. The van der Waals surface area contributed by atoms with E-state index in [9.17, 15) is 29.4 Å². The lowest BCUT2D eigenvalue weighted by molar-refractivity contribution is -0.248. The average molecular weight is 984 g/mol. The van der Waals surface area contributed by atoms with Crippen molar-refractivity contribution in [3.8, 4) is 0 Å². The number of carbonyl (C=O) groups excluding carboxylic acids is 2. The first-order valence-electron chi connectivity index (χ1n) is 22.8. The van der Waals surface area contributed by atoms with Crippen molar-refractivity contribution >= 4 is 34.5 Å². The largest absolute Gasteiger partial charge is 0.394 e. The number of ether oxygens (including phenoxy) is 3. The fraction of sp³-hybridized carbons (Fsp3) is 0.583. The molecule has 2 saturated heterocycles. The van der Waals surface area contributed by atoms with Crippen LogP contribution in [0.25, 0.3) is 10.4 Å². The number of hydrogen-bond acceptors (Lipinski definition) is 13.